The first-order chi connectivity index (χ1) is 12.4. The van der Waals surface area contributed by atoms with Gasteiger partial charge < -0.3 is 10.1 Å². The highest BCUT2D eigenvalue weighted by Crippen LogP contribution is 2.46. The molecule has 1 aromatic carbocycles. The minimum absolute atomic E-state index is 0. The molecule has 28 heavy (non-hydrogen) atoms. The van der Waals surface area contributed by atoms with Gasteiger partial charge in [-0.25, -0.2) is 8.78 Å². The van der Waals surface area contributed by atoms with Gasteiger partial charge >= 0.3 is 12.4 Å². The predicted octanol–water partition coefficient (Wildman–Crippen LogP) is 4.76. The summed E-state index contributed by atoms with van der Waals surface area (Å²) in [6.07, 6.45) is -14.1. The lowest BCUT2D eigenvalue weighted by molar-refractivity contribution is -0.144. The number of halogens is 9. The lowest BCUT2D eigenvalue weighted by Crippen LogP contribution is -2.46. The summed E-state index contributed by atoms with van der Waals surface area (Å²) in [5.41, 5.74) is -3.86. The van der Waals surface area contributed by atoms with E-state index in [0.717, 1.165) is 7.11 Å². The first-order valence-electron chi connectivity index (χ1n) is 8.04. The minimum atomic E-state index is -5.17. The molecule has 1 fully saturated rings. The normalized spacial score (nSPS) is 17.4. The van der Waals surface area contributed by atoms with Gasteiger partial charge in [0, 0.05) is 44.2 Å². The van der Waals surface area contributed by atoms with Crippen LogP contribution in [0.1, 0.15) is 29.2 Å². The molecule has 1 aliphatic heterocycles. The maximum Gasteiger partial charge on any atom is 0.416 e. The van der Waals surface area contributed by atoms with E-state index in [1.165, 1.54) is 4.90 Å². The smallest absolute Gasteiger partial charge is 0.416 e. The SMILES string of the molecule is COc1cc(C(F)(F)F)cc(C(F)(F)F)c1[C@@H](CC(F)F)N1CCNCC1.Cl. The highest BCUT2D eigenvalue weighted by molar-refractivity contribution is 5.85. The number of alkyl halides is 8. The van der Waals surface area contributed by atoms with Crippen molar-refractivity contribution in [3.63, 3.8) is 0 Å². The van der Waals surface area contributed by atoms with E-state index < -0.39 is 53.7 Å². The standard InChI is InChI=1S/C16H18F8N2O.ClH/c1-27-12-7-9(15(19,20)21)6-10(16(22,23)24)14(12)11(8-13(17)18)26-4-2-25-3-5-26;/h6-7,11,13,25H,2-5,8H2,1H3;1H/t11-;/m1./s1. The number of benzene rings is 1. The van der Waals surface area contributed by atoms with Gasteiger partial charge in [-0.2, -0.15) is 26.3 Å². The molecular formula is C16H19ClF8N2O. The van der Waals surface area contributed by atoms with E-state index in [9.17, 15) is 35.1 Å². The molecule has 1 aromatic rings. The van der Waals surface area contributed by atoms with Crippen molar-refractivity contribution in [1.29, 1.82) is 0 Å². The Labute approximate surface area is 162 Å². The van der Waals surface area contributed by atoms with Crippen molar-refractivity contribution < 1.29 is 39.9 Å². The number of ether oxygens (including phenoxy) is 1. The Kier molecular flexibility index (Phi) is 8.33. The zero-order valence-corrected chi connectivity index (χ0v) is 15.4. The van der Waals surface area contributed by atoms with Crippen molar-refractivity contribution in [3.8, 4) is 5.75 Å². The molecule has 0 aromatic heterocycles. The Bertz CT molecular complexity index is 645. The average Bonchev–Trinajstić information content (AvgIpc) is 2.57. The minimum Gasteiger partial charge on any atom is -0.496 e. The summed E-state index contributed by atoms with van der Waals surface area (Å²) >= 11 is 0. The quantitative estimate of drug-likeness (QED) is 0.666. The number of hydrogen-bond acceptors (Lipinski definition) is 3. The molecule has 0 saturated carbocycles. The monoisotopic (exact) mass is 442 g/mol. The molecule has 3 nitrogen and oxygen atoms in total. The number of nitrogens with zero attached hydrogens (tertiary/aromatic N) is 1. The number of piperazine rings is 1. The van der Waals surface area contributed by atoms with Crippen LogP contribution in [0.5, 0.6) is 5.75 Å². The molecule has 162 valence electrons. The zero-order valence-electron chi connectivity index (χ0n) is 14.6. The Morgan fingerprint density at radius 3 is 2.04 bits per heavy atom. The third-order valence-corrected chi connectivity index (χ3v) is 4.32. The maximum atomic E-state index is 13.6. The second-order valence-electron chi connectivity index (χ2n) is 6.06. The molecule has 1 heterocycles. The van der Waals surface area contributed by atoms with E-state index in [2.05, 4.69) is 5.32 Å². The van der Waals surface area contributed by atoms with Crippen molar-refractivity contribution in [2.24, 2.45) is 0 Å². The lowest BCUT2D eigenvalue weighted by atomic mass is 9.92. The highest BCUT2D eigenvalue weighted by Gasteiger charge is 2.43. The molecular weight excluding hydrogens is 424 g/mol. The third-order valence-electron chi connectivity index (χ3n) is 4.32. The van der Waals surface area contributed by atoms with E-state index in [0.29, 0.717) is 19.2 Å². The summed E-state index contributed by atoms with van der Waals surface area (Å²) < 4.78 is 111. The zero-order chi connectivity index (χ0) is 20.4. The fourth-order valence-electron chi connectivity index (χ4n) is 3.15. The Morgan fingerprint density at radius 2 is 1.61 bits per heavy atom. The first kappa shape index (κ1) is 24.7. The Hall–Kier alpha value is -1.33. The summed E-state index contributed by atoms with van der Waals surface area (Å²) in [4.78, 5) is 1.41. The highest BCUT2D eigenvalue weighted by atomic mass is 35.5. The molecule has 1 saturated heterocycles. The molecule has 0 amide bonds. The average molecular weight is 443 g/mol. The molecule has 0 radical (unpaired) electrons. The van der Waals surface area contributed by atoms with Crippen molar-refractivity contribution in [3.05, 3.63) is 28.8 Å². The molecule has 0 unspecified atom stereocenters. The van der Waals surface area contributed by atoms with Gasteiger partial charge in [0.05, 0.1) is 18.2 Å². The van der Waals surface area contributed by atoms with E-state index >= 15 is 0 Å². The van der Waals surface area contributed by atoms with Crippen molar-refractivity contribution in [2.45, 2.75) is 31.2 Å². The fraction of sp³-hybridized carbons (Fsp3) is 0.625. The van der Waals surface area contributed by atoms with Gasteiger partial charge in [0.1, 0.15) is 5.75 Å². The molecule has 1 atom stereocenters. The summed E-state index contributed by atoms with van der Waals surface area (Å²) in [6.45, 7) is 1.09. The molecule has 1 N–H and O–H groups in total. The number of methoxy groups -OCH3 is 1. The summed E-state index contributed by atoms with van der Waals surface area (Å²) in [6, 6.07) is -1.05. The predicted molar refractivity (Wildman–Crippen MR) is 88.1 cm³/mol. The van der Waals surface area contributed by atoms with Gasteiger partial charge in [0.15, 0.2) is 0 Å². The Morgan fingerprint density at radius 1 is 1.04 bits per heavy atom. The fourth-order valence-corrected chi connectivity index (χ4v) is 3.15. The molecule has 0 bridgehead atoms. The molecule has 1 aliphatic rings. The largest absolute Gasteiger partial charge is 0.496 e. The van der Waals surface area contributed by atoms with Gasteiger partial charge in [0.25, 0.3) is 0 Å². The van der Waals surface area contributed by atoms with Crippen LogP contribution in [0, 0.1) is 0 Å². The van der Waals surface area contributed by atoms with Crippen LogP contribution in [0.15, 0.2) is 12.1 Å². The molecule has 0 spiro atoms. The van der Waals surface area contributed by atoms with Crippen LogP contribution in [0.4, 0.5) is 35.1 Å². The van der Waals surface area contributed by atoms with Gasteiger partial charge in [-0.1, -0.05) is 0 Å². The van der Waals surface area contributed by atoms with Gasteiger partial charge in [-0.05, 0) is 12.1 Å². The van der Waals surface area contributed by atoms with E-state index in [4.69, 9.17) is 4.74 Å². The summed E-state index contributed by atoms with van der Waals surface area (Å²) in [7, 11) is 0.913. The van der Waals surface area contributed by atoms with Crippen LogP contribution < -0.4 is 10.1 Å². The van der Waals surface area contributed by atoms with Gasteiger partial charge in [-0.15, -0.1) is 12.4 Å². The van der Waals surface area contributed by atoms with Crippen LogP contribution in [0.2, 0.25) is 0 Å². The summed E-state index contributed by atoms with van der Waals surface area (Å²) in [5.74, 6) is -0.707. The van der Waals surface area contributed by atoms with Gasteiger partial charge in [0.2, 0.25) is 6.43 Å². The molecule has 0 aliphatic carbocycles. The third kappa shape index (κ3) is 5.84. The summed E-state index contributed by atoms with van der Waals surface area (Å²) in [5, 5.41) is 2.95. The lowest BCUT2D eigenvalue weighted by Gasteiger charge is -2.37. The first-order valence-corrected chi connectivity index (χ1v) is 8.04. The number of rotatable bonds is 5. The van der Waals surface area contributed by atoms with Crippen LogP contribution in [-0.2, 0) is 12.4 Å². The second kappa shape index (κ2) is 9.45. The van der Waals surface area contributed by atoms with E-state index in [-0.39, 0.29) is 31.6 Å². The molecule has 2 rings (SSSR count). The van der Waals surface area contributed by atoms with Crippen molar-refractivity contribution >= 4 is 12.4 Å². The van der Waals surface area contributed by atoms with Gasteiger partial charge in [-0.3, -0.25) is 4.90 Å². The van der Waals surface area contributed by atoms with Crippen LogP contribution in [0.25, 0.3) is 0 Å². The topological polar surface area (TPSA) is 24.5 Å². The maximum absolute atomic E-state index is 13.6. The number of hydrogen-bond donors (Lipinski definition) is 1. The second-order valence-corrected chi connectivity index (χ2v) is 6.06. The van der Waals surface area contributed by atoms with Crippen LogP contribution in [-0.4, -0.2) is 44.6 Å². The van der Waals surface area contributed by atoms with Crippen LogP contribution >= 0.6 is 12.4 Å². The van der Waals surface area contributed by atoms with Crippen LogP contribution in [0.3, 0.4) is 0 Å². The van der Waals surface area contributed by atoms with E-state index in [1.807, 2.05) is 0 Å². The molecule has 12 heteroatoms. The van der Waals surface area contributed by atoms with E-state index in [1.54, 1.807) is 0 Å². The van der Waals surface area contributed by atoms with Crippen molar-refractivity contribution in [2.75, 3.05) is 33.3 Å². The van der Waals surface area contributed by atoms with Crippen molar-refractivity contribution in [1.82, 2.24) is 10.2 Å². The Balaban J connectivity index is 0.00000392. The number of nitrogens with one attached hydrogen (secondary N) is 1.